The summed E-state index contributed by atoms with van der Waals surface area (Å²) in [4.78, 5) is 41.4. The molecule has 11 nitrogen and oxygen atoms in total. The number of carbonyl (C=O) groups is 1. The third-order valence-corrected chi connectivity index (χ3v) is 7.37. The van der Waals surface area contributed by atoms with Crippen LogP contribution in [0.3, 0.4) is 0 Å². The number of methoxy groups -OCH3 is 2. The zero-order chi connectivity index (χ0) is 33.7. The molecule has 3 heterocycles. The Morgan fingerprint density at radius 2 is 1.77 bits per heavy atom. The van der Waals surface area contributed by atoms with E-state index in [1.54, 1.807) is 55.6 Å². The molecule has 13 heteroatoms. The number of amides is 1. The Kier molecular flexibility index (Phi) is 9.85. The Balaban J connectivity index is 1.68. The van der Waals surface area contributed by atoms with E-state index in [1.165, 1.54) is 43.5 Å². The molecule has 3 aromatic heterocycles. The van der Waals surface area contributed by atoms with E-state index in [-0.39, 0.29) is 23.0 Å². The molecule has 1 atom stereocenters. The summed E-state index contributed by atoms with van der Waals surface area (Å²) in [6.07, 6.45) is 7.63. The van der Waals surface area contributed by atoms with Crippen LogP contribution in [0.1, 0.15) is 18.5 Å². The van der Waals surface area contributed by atoms with Gasteiger partial charge in [-0.05, 0) is 50.8 Å². The van der Waals surface area contributed by atoms with Gasteiger partial charge in [0.1, 0.15) is 18.0 Å². The van der Waals surface area contributed by atoms with E-state index in [0.29, 0.717) is 40.3 Å². The maximum Gasteiger partial charge on any atom is 0.259 e. The predicted octanol–water partition coefficient (Wildman–Crippen LogP) is 5.56. The number of rotatable bonds is 11. The number of nitrogens with zero attached hydrogens (tertiary/aromatic N) is 5. The quantitative estimate of drug-likeness (QED) is 0.179. The van der Waals surface area contributed by atoms with Crippen LogP contribution < -0.4 is 25.7 Å². The van der Waals surface area contributed by atoms with Crippen LogP contribution in [0.5, 0.6) is 11.5 Å². The second kappa shape index (κ2) is 14.2. The molecule has 0 bridgehead atoms. The first-order valence-electron chi connectivity index (χ1n) is 14.5. The summed E-state index contributed by atoms with van der Waals surface area (Å²) in [5, 5.41) is 6.35. The van der Waals surface area contributed by atoms with Gasteiger partial charge in [0.15, 0.2) is 23.1 Å². The average Bonchev–Trinajstić information content (AvgIpc) is 3.05. The Labute approximate surface area is 269 Å². The van der Waals surface area contributed by atoms with Gasteiger partial charge in [-0.3, -0.25) is 9.59 Å². The second-order valence-corrected chi connectivity index (χ2v) is 10.8. The molecular formula is C34H33F2N7O4. The molecule has 47 heavy (non-hydrogen) atoms. The van der Waals surface area contributed by atoms with Gasteiger partial charge in [-0.1, -0.05) is 18.2 Å². The van der Waals surface area contributed by atoms with Gasteiger partial charge < -0.3 is 29.6 Å². The van der Waals surface area contributed by atoms with Gasteiger partial charge in [0.2, 0.25) is 5.91 Å². The monoisotopic (exact) mass is 641 g/mol. The summed E-state index contributed by atoms with van der Waals surface area (Å²) in [6, 6.07) is 12.1. The summed E-state index contributed by atoms with van der Waals surface area (Å²) < 4.78 is 43.1. The van der Waals surface area contributed by atoms with E-state index >= 15 is 8.78 Å². The average molecular weight is 642 g/mol. The van der Waals surface area contributed by atoms with Gasteiger partial charge in [-0.15, -0.1) is 0 Å². The number of likely N-dealkylation sites (N-methyl/N-ethyl adjacent to an activating group) is 1. The van der Waals surface area contributed by atoms with E-state index in [0.717, 1.165) is 6.07 Å². The molecule has 5 aromatic rings. The zero-order valence-corrected chi connectivity index (χ0v) is 26.4. The van der Waals surface area contributed by atoms with Crippen LogP contribution in [-0.4, -0.2) is 65.2 Å². The van der Waals surface area contributed by atoms with Gasteiger partial charge in [-0.2, -0.15) is 0 Å². The van der Waals surface area contributed by atoms with Crippen LogP contribution in [0.15, 0.2) is 84.2 Å². The van der Waals surface area contributed by atoms with Crippen LogP contribution in [0.25, 0.3) is 22.0 Å². The van der Waals surface area contributed by atoms with E-state index in [1.807, 2.05) is 19.0 Å². The number of benzene rings is 2. The predicted molar refractivity (Wildman–Crippen MR) is 176 cm³/mol. The fourth-order valence-electron chi connectivity index (χ4n) is 5.06. The van der Waals surface area contributed by atoms with Crippen molar-refractivity contribution in [3.05, 3.63) is 107 Å². The SMILES string of the molecule is COc1cc(OC)c(F)c(-c2cc3cnc(Nc4ccncn4)cc3n(C(C)c3cccc(NC(=O)/C=C/CN(C)C)c3)c2=O)c1F. The largest absolute Gasteiger partial charge is 0.494 e. The van der Waals surface area contributed by atoms with E-state index < -0.39 is 28.8 Å². The van der Waals surface area contributed by atoms with Crippen LogP contribution in [0.4, 0.5) is 26.1 Å². The number of carbonyl (C=O) groups excluding carboxylic acids is 1. The number of hydrogen-bond acceptors (Lipinski definition) is 9. The smallest absolute Gasteiger partial charge is 0.259 e. The minimum absolute atomic E-state index is 0.259. The second-order valence-electron chi connectivity index (χ2n) is 10.8. The number of ether oxygens (including phenoxy) is 2. The standard InChI is InChI=1S/C34H33F2N7O4/c1-20(21-8-6-9-23(14-21)40-30(44)10-7-13-42(2)3)43-25-16-29(41-28-11-12-37-19-39-28)38-18-22(25)15-24(34(43)45)31-32(35)26(46-4)17-27(47-5)33(31)36/h6-12,14-20H,13H2,1-5H3,(H,40,44)(H,37,38,39,41)/b10-7+. The molecule has 5 rings (SSSR count). The lowest BCUT2D eigenvalue weighted by atomic mass is 10.0. The lowest BCUT2D eigenvalue weighted by molar-refractivity contribution is -0.111. The fourth-order valence-corrected chi connectivity index (χ4v) is 5.06. The summed E-state index contributed by atoms with van der Waals surface area (Å²) in [5.74, 6) is -2.15. The highest BCUT2D eigenvalue weighted by molar-refractivity contribution is 5.99. The van der Waals surface area contributed by atoms with Crippen LogP contribution >= 0.6 is 0 Å². The molecule has 1 unspecified atom stereocenters. The summed E-state index contributed by atoms with van der Waals surface area (Å²) in [7, 11) is 6.26. The Morgan fingerprint density at radius 1 is 1.02 bits per heavy atom. The Hall–Kier alpha value is -5.69. The molecule has 0 fully saturated rings. The molecule has 0 saturated heterocycles. The summed E-state index contributed by atoms with van der Waals surface area (Å²) in [5.41, 5.74) is 0.0395. The van der Waals surface area contributed by atoms with Crippen LogP contribution in [0.2, 0.25) is 0 Å². The van der Waals surface area contributed by atoms with E-state index in [9.17, 15) is 9.59 Å². The minimum Gasteiger partial charge on any atom is -0.494 e. The van der Waals surface area contributed by atoms with Crippen molar-refractivity contribution in [1.82, 2.24) is 24.4 Å². The van der Waals surface area contributed by atoms with Crippen molar-refractivity contribution in [2.45, 2.75) is 13.0 Å². The van der Waals surface area contributed by atoms with E-state index in [4.69, 9.17) is 9.47 Å². The number of anilines is 3. The number of hydrogen-bond donors (Lipinski definition) is 2. The molecule has 2 N–H and O–H groups in total. The molecule has 0 saturated carbocycles. The zero-order valence-electron chi connectivity index (χ0n) is 26.4. The normalized spacial score (nSPS) is 12.0. The highest BCUT2D eigenvalue weighted by Crippen LogP contribution is 2.38. The first kappa shape index (κ1) is 32.7. The topological polar surface area (TPSA) is 124 Å². The van der Waals surface area contributed by atoms with Crippen molar-refractivity contribution >= 4 is 34.1 Å². The number of pyridine rings is 2. The number of nitrogens with one attached hydrogen (secondary N) is 2. The third kappa shape index (κ3) is 7.10. The van der Waals surface area contributed by atoms with Gasteiger partial charge in [0.25, 0.3) is 5.56 Å². The third-order valence-electron chi connectivity index (χ3n) is 7.37. The maximum atomic E-state index is 15.7. The minimum atomic E-state index is -1.05. The van der Waals surface area contributed by atoms with Crippen molar-refractivity contribution in [2.75, 3.05) is 45.5 Å². The van der Waals surface area contributed by atoms with Crippen molar-refractivity contribution in [2.24, 2.45) is 0 Å². The first-order chi connectivity index (χ1) is 22.6. The van der Waals surface area contributed by atoms with E-state index in [2.05, 4.69) is 25.6 Å². The lowest BCUT2D eigenvalue weighted by Crippen LogP contribution is -2.26. The van der Waals surface area contributed by atoms with Gasteiger partial charge >= 0.3 is 0 Å². The molecule has 0 spiro atoms. The Bertz CT molecular complexity index is 1990. The number of halogens is 2. The van der Waals surface area contributed by atoms with Crippen molar-refractivity contribution < 1.29 is 23.0 Å². The molecule has 242 valence electrons. The number of aromatic nitrogens is 4. The van der Waals surface area contributed by atoms with Crippen molar-refractivity contribution in [3.8, 4) is 22.6 Å². The molecule has 0 aliphatic heterocycles. The molecular weight excluding hydrogens is 608 g/mol. The molecule has 0 aliphatic carbocycles. The summed E-state index contributed by atoms with van der Waals surface area (Å²) in [6.45, 7) is 2.37. The molecule has 2 aromatic carbocycles. The number of fused-ring (bicyclic) bond motifs is 1. The fraction of sp³-hybridized carbons (Fsp3) is 0.206. The van der Waals surface area contributed by atoms with Gasteiger partial charge in [0.05, 0.1) is 36.9 Å². The molecule has 0 aliphatic rings. The van der Waals surface area contributed by atoms with Gasteiger partial charge in [-0.25, -0.2) is 23.7 Å². The maximum absolute atomic E-state index is 15.7. The van der Waals surface area contributed by atoms with Crippen LogP contribution in [0, 0.1) is 11.6 Å². The summed E-state index contributed by atoms with van der Waals surface area (Å²) >= 11 is 0. The molecule has 0 radical (unpaired) electrons. The highest BCUT2D eigenvalue weighted by atomic mass is 19.1. The van der Waals surface area contributed by atoms with Crippen molar-refractivity contribution in [1.29, 1.82) is 0 Å². The lowest BCUT2D eigenvalue weighted by Gasteiger charge is -2.22. The molecule has 1 amide bonds. The highest BCUT2D eigenvalue weighted by Gasteiger charge is 2.26. The van der Waals surface area contributed by atoms with Crippen molar-refractivity contribution in [3.63, 3.8) is 0 Å². The van der Waals surface area contributed by atoms with Gasteiger partial charge in [0, 0.05) is 48.2 Å². The van der Waals surface area contributed by atoms with Crippen LogP contribution in [-0.2, 0) is 4.79 Å². The first-order valence-corrected chi connectivity index (χ1v) is 14.5. The Morgan fingerprint density at radius 3 is 2.43 bits per heavy atom.